The zero-order valence-corrected chi connectivity index (χ0v) is 24.7. The van der Waals surface area contributed by atoms with Crippen LogP contribution < -0.4 is 10.1 Å². The Balaban J connectivity index is 1.26. The Labute approximate surface area is 246 Å². The Morgan fingerprint density at radius 2 is 1.80 bits per heavy atom. The van der Waals surface area contributed by atoms with Crippen LogP contribution in [0, 0.1) is 6.92 Å². The van der Waals surface area contributed by atoms with Gasteiger partial charge in [-0.3, -0.25) is 9.59 Å². The fourth-order valence-electron chi connectivity index (χ4n) is 5.62. The van der Waals surface area contributed by atoms with Gasteiger partial charge in [0, 0.05) is 23.7 Å². The Morgan fingerprint density at radius 3 is 2.54 bits per heavy atom. The first-order valence-electron chi connectivity index (χ1n) is 14.2. The van der Waals surface area contributed by atoms with Crippen LogP contribution in [-0.2, 0) is 25.6 Å². The average Bonchev–Trinajstić information content (AvgIpc) is 3.56. The molecule has 3 atom stereocenters. The Morgan fingerprint density at radius 1 is 1.05 bits per heavy atom. The van der Waals surface area contributed by atoms with Gasteiger partial charge in [-0.25, -0.2) is 0 Å². The lowest BCUT2D eigenvalue weighted by atomic mass is 10.0. The van der Waals surface area contributed by atoms with Crippen molar-refractivity contribution in [2.24, 2.45) is 0 Å². The summed E-state index contributed by atoms with van der Waals surface area (Å²) in [6, 6.07) is 21.6. The van der Waals surface area contributed by atoms with Crippen molar-refractivity contribution in [3.63, 3.8) is 0 Å². The van der Waals surface area contributed by atoms with Gasteiger partial charge in [0.15, 0.2) is 18.0 Å². The number of halogens is 1. The van der Waals surface area contributed by atoms with Crippen molar-refractivity contribution in [2.45, 2.75) is 71.1 Å². The number of nitrogens with one attached hydrogen (secondary N) is 1. The lowest BCUT2D eigenvalue weighted by Gasteiger charge is -2.28. The van der Waals surface area contributed by atoms with Crippen LogP contribution in [0.2, 0.25) is 5.02 Å². The molecule has 5 rings (SSSR count). The number of rotatable bonds is 8. The maximum Gasteiger partial charge on any atom is 0.255 e. The predicted molar refractivity (Wildman–Crippen MR) is 159 cm³/mol. The van der Waals surface area contributed by atoms with E-state index in [1.807, 2.05) is 68.4 Å². The van der Waals surface area contributed by atoms with Gasteiger partial charge in [0.05, 0.1) is 12.6 Å². The Hall–Kier alpha value is -3.39. The van der Waals surface area contributed by atoms with Gasteiger partial charge in [0.25, 0.3) is 11.8 Å². The van der Waals surface area contributed by atoms with Gasteiger partial charge < -0.3 is 24.4 Å². The lowest BCUT2D eigenvalue weighted by molar-refractivity contribution is -0.163. The molecule has 8 heteroatoms. The van der Waals surface area contributed by atoms with E-state index in [9.17, 15) is 9.59 Å². The van der Waals surface area contributed by atoms with Crippen molar-refractivity contribution in [3.8, 4) is 16.9 Å². The van der Waals surface area contributed by atoms with E-state index in [0.29, 0.717) is 24.7 Å². The van der Waals surface area contributed by atoms with Crippen molar-refractivity contribution < 1.29 is 23.8 Å². The average molecular weight is 577 g/mol. The van der Waals surface area contributed by atoms with Gasteiger partial charge in [0.1, 0.15) is 5.75 Å². The molecule has 0 saturated carbocycles. The van der Waals surface area contributed by atoms with Gasteiger partial charge in [-0.05, 0) is 81.0 Å². The summed E-state index contributed by atoms with van der Waals surface area (Å²) in [5.41, 5.74) is 5.09. The minimum Gasteiger partial charge on any atom is -0.493 e. The molecular weight excluding hydrogens is 540 g/mol. The van der Waals surface area contributed by atoms with E-state index < -0.39 is 18.0 Å². The molecule has 0 aliphatic carbocycles. The highest BCUT2D eigenvalue weighted by molar-refractivity contribution is 6.30. The van der Waals surface area contributed by atoms with Crippen LogP contribution in [0.25, 0.3) is 11.1 Å². The molecule has 41 heavy (non-hydrogen) atoms. The molecule has 3 aromatic carbocycles. The van der Waals surface area contributed by atoms with Crippen LogP contribution in [-0.4, -0.2) is 47.9 Å². The molecule has 2 aliphatic rings. The fraction of sp³-hybridized carbons (Fsp3) is 0.394. The molecule has 0 bridgehead atoms. The number of carbonyl (C=O) groups is 2. The smallest absolute Gasteiger partial charge is 0.255 e. The number of amides is 2. The predicted octanol–water partition coefficient (Wildman–Crippen LogP) is 6.21. The highest BCUT2D eigenvalue weighted by Gasteiger charge is 2.51. The summed E-state index contributed by atoms with van der Waals surface area (Å²) in [6.45, 7) is 8.92. The van der Waals surface area contributed by atoms with E-state index in [4.69, 9.17) is 25.8 Å². The van der Waals surface area contributed by atoms with E-state index in [2.05, 4.69) is 17.4 Å². The van der Waals surface area contributed by atoms with Crippen molar-refractivity contribution >= 4 is 23.4 Å². The highest BCUT2D eigenvalue weighted by Crippen LogP contribution is 2.37. The molecule has 2 aliphatic heterocycles. The van der Waals surface area contributed by atoms with Crippen LogP contribution in [0.1, 0.15) is 56.3 Å². The largest absolute Gasteiger partial charge is 0.493 e. The zero-order chi connectivity index (χ0) is 29.1. The van der Waals surface area contributed by atoms with Gasteiger partial charge in [0.2, 0.25) is 0 Å². The third kappa shape index (κ3) is 6.58. The summed E-state index contributed by atoms with van der Waals surface area (Å²) in [4.78, 5) is 28.9. The van der Waals surface area contributed by atoms with Crippen molar-refractivity contribution in [1.29, 1.82) is 0 Å². The zero-order valence-electron chi connectivity index (χ0n) is 24.0. The maximum atomic E-state index is 13.8. The highest BCUT2D eigenvalue weighted by atomic mass is 35.5. The van der Waals surface area contributed by atoms with E-state index in [0.717, 1.165) is 46.4 Å². The van der Waals surface area contributed by atoms with Crippen LogP contribution in [0.3, 0.4) is 0 Å². The number of ether oxygens (including phenoxy) is 3. The van der Waals surface area contributed by atoms with E-state index in [1.165, 1.54) is 0 Å². The second-order valence-corrected chi connectivity index (χ2v) is 11.5. The summed E-state index contributed by atoms with van der Waals surface area (Å²) in [5, 5.41) is 3.57. The van der Waals surface area contributed by atoms with Crippen molar-refractivity contribution in [3.05, 3.63) is 88.4 Å². The maximum absolute atomic E-state index is 13.8. The third-order valence-electron chi connectivity index (χ3n) is 7.54. The Bertz CT molecular complexity index is 1410. The van der Waals surface area contributed by atoms with Crippen molar-refractivity contribution in [1.82, 2.24) is 10.2 Å². The monoisotopic (exact) mass is 576 g/mol. The second kappa shape index (κ2) is 12.2. The third-order valence-corrected chi connectivity index (χ3v) is 7.77. The van der Waals surface area contributed by atoms with Crippen LogP contribution in [0.15, 0.2) is 66.7 Å². The summed E-state index contributed by atoms with van der Waals surface area (Å²) >= 11 is 6.22. The topological polar surface area (TPSA) is 77.1 Å². The molecule has 2 amide bonds. The van der Waals surface area contributed by atoms with Crippen LogP contribution >= 0.6 is 11.6 Å². The minimum atomic E-state index is -1.07. The van der Waals surface area contributed by atoms with Crippen LogP contribution in [0.5, 0.6) is 5.75 Å². The number of aryl methyl sites for hydroxylation is 1. The summed E-state index contributed by atoms with van der Waals surface area (Å²) in [5.74, 6) is -0.845. The normalized spacial score (nSPS) is 21.6. The molecule has 0 radical (unpaired) electrons. The van der Waals surface area contributed by atoms with Gasteiger partial charge in [-0.15, -0.1) is 0 Å². The van der Waals surface area contributed by atoms with Gasteiger partial charge in [-0.2, -0.15) is 0 Å². The fourth-order valence-corrected chi connectivity index (χ4v) is 5.82. The molecule has 0 aromatic heterocycles. The number of hydrogen-bond donors (Lipinski definition) is 1. The Kier molecular flexibility index (Phi) is 8.68. The minimum absolute atomic E-state index is 0.118. The molecule has 7 nitrogen and oxygen atoms in total. The quantitative estimate of drug-likeness (QED) is 0.345. The van der Waals surface area contributed by atoms with Gasteiger partial charge >= 0.3 is 0 Å². The molecule has 2 fully saturated rings. The van der Waals surface area contributed by atoms with Crippen LogP contribution in [0.4, 0.5) is 0 Å². The first-order valence-corrected chi connectivity index (χ1v) is 14.5. The summed E-state index contributed by atoms with van der Waals surface area (Å²) in [7, 11) is 0. The van der Waals surface area contributed by atoms with Crippen molar-refractivity contribution in [2.75, 3.05) is 13.2 Å². The standard InChI is InChI=1S/C33H37ClN2O5/c1-5-39-28-18-21(2)11-16-26(28)23-14-12-22(13-15-23)20-35-31(37)29-30(41-33(3,4)40-29)32(38)36-17-7-10-27(36)24-8-6-9-25(34)19-24/h6,8-9,11-16,18-19,27,29-30H,5,7,10,17,20H2,1-4H3,(H,35,37)/t27-,29-,30-/m1/s1. The molecule has 2 heterocycles. The lowest BCUT2D eigenvalue weighted by Crippen LogP contribution is -2.49. The first-order chi connectivity index (χ1) is 19.6. The summed E-state index contributed by atoms with van der Waals surface area (Å²) < 4.78 is 17.8. The number of benzene rings is 3. The number of hydrogen-bond acceptors (Lipinski definition) is 5. The summed E-state index contributed by atoms with van der Waals surface area (Å²) in [6.07, 6.45) is -0.407. The second-order valence-electron chi connectivity index (χ2n) is 11.1. The SMILES string of the molecule is CCOc1cc(C)ccc1-c1ccc(CNC(=O)[C@@H]2OC(C)(C)O[C@H]2C(=O)N2CCC[C@@H]2c2cccc(Cl)c2)cc1. The molecule has 0 unspecified atom stereocenters. The number of carbonyl (C=O) groups excluding carboxylic acids is 2. The van der Waals surface area contributed by atoms with Gasteiger partial charge in [-0.1, -0.05) is 60.1 Å². The number of nitrogens with zero attached hydrogens (tertiary/aromatic N) is 1. The van der Waals surface area contributed by atoms with E-state index >= 15 is 0 Å². The molecule has 1 N–H and O–H groups in total. The molecule has 2 saturated heterocycles. The molecule has 0 spiro atoms. The number of likely N-dealkylation sites (tertiary alicyclic amines) is 1. The molecule has 3 aromatic rings. The molecule has 216 valence electrons. The van der Waals surface area contributed by atoms with E-state index in [1.54, 1.807) is 18.7 Å². The van der Waals surface area contributed by atoms with E-state index in [-0.39, 0.29) is 17.9 Å². The first kappa shape index (κ1) is 29.1. The molecular formula is C33H37ClN2O5.